The Bertz CT molecular complexity index is 886. The molecule has 1 saturated heterocycles. The lowest BCUT2D eigenvalue weighted by Gasteiger charge is -2.31. The van der Waals surface area contributed by atoms with Crippen molar-refractivity contribution in [2.75, 3.05) is 32.8 Å². The molecule has 2 aromatic carbocycles. The molecule has 5 heteroatoms. The van der Waals surface area contributed by atoms with Gasteiger partial charge in [0.25, 0.3) is 0 Å². The Kier molecular flexibility index (Phi) is 6.00. The summed E-state index contributed by atoms with van der Waals surface area (Å²) in [6.07, 6.45) is 2.44. The molecule has 30 heavy (non-hydrogen) atoms. The molecule has 0 aliphatic carbocycles. The molecule has 2 aliphatic heterocycles. The lowest BCUT2D eigenvalue weighted by Crippen LogP contribution is -2.44. The van der Waals surface area contributed by atoms with E-state index in [9.17, 15) is 4.79 Å². The molecule has 1 atom stereocenters. The third kappa shape index (κ3) is 4.31. The molecule has 2 aromatic rings. The van der Waals surface area contributed by atoms with Crippen LogP contribution in [0.1, 0.15) is 49.4 Å². The minimum Gasteiger partial charge on any atom is -0.486 e. The number of nitrogens with one attached hydrogen (secondary N) is 1. The van der Waals surface area contributed by atoms with E-state index in [4.69, 9.17) is 9.47 Å². The average molecular weight is 409 g/mol. The highest BCUT2D eigenvalue weighted by Crippen LogP contribution is 2.35. The number of carbonyl (C=O) groups excluding carboxylic acids is 1. The van der Waals surface area contributed by atoms with Crippen molar-refractivity contribution < 1.29 is 14.3 Å². The Morgan fingerprint density at radius 1 is 1.03 bits per heavy atom. The van der Waals surface area contributed by atoms with Gasteiger partial charge in [0.2, 0.25) is 5.91 Å². The van der Waals surface area contributed by atoms with Crippen LogP contribution < -0.4 is 14.8 Å². The van der Waals surface area contributed by atoms with E-state index in [1.54, 1.807) is 0 Å². The van der Waals surface area contributed by atoms with Gasteiger partial charge in [-0.1, -0.05) is 35.9 Å². The van der Waals surface area contributed by atoms with Crippen LogP contribution >= 0.6 is 0 Å². The number of amides is 1. The van der Waals surface area contributed by atoms with Gasteiger partial charge in [0.1, 0.15) is 13.2 Å². The van der Waals surface area contributed by atoms with Crippen molar-refractivity contribution in [3.8, 4) is 11.5 Å². The van der Waals surface area contributed by atoms with E-state index in [1.165, 1.54) is 24.0 Å². The van der Waals surface area contributed by atoms with Crippen molar-refractivity contribution >= 4 is 5.91 Å². The van der Waals surface area contributed by atoms with Crippen molar-refractivity contribution in [3.05, 3.63) is 59.2 Å². The molecule has 2 heterocycles. The number of benzene rings is 2. The number of fused-ring (bicyclic) bond motifs is 1. The fraction of sp³-hybridized carbons (Fsp3) is 0.480. The van der Waals surface area contributed by atoms with Gasteiger partial charge >= 0.3 is 0 Å². The Hall–Kier alpha value is -2.53. The first kappa shape index (κ1) is 20.7. The van der Waals surface area contributed by atoms with Crippen LogP contribution in [0.3, 0.4) is 0 Å². The average Bonchev–Trinajstić information content (AvgIpc) is 3.29. The normalized spacial score (nSPS) is 17.6. The Balaban J connectivity index is 1.48. The second-order valence-electron chi connectivity index (χ2n) is 8.86. The van der Waals surface area contributed by atoms with Crippen molar-refractivity contribution in [2.24, 2.45) is 0 Å². The molecule has 0 radical (unpaired) electrons. The van der Waals surface area contributed by atoms with Crippen LogP contribution in [-0.4, -0.2) is 43.7 Å². The van der Waals surface area contributed by atoms with Crippen LogP contribution in [0.2, 0.25) is 0 Å². The van der Waals surface area contributed by atoms with Gasteiger partial charge in [-0.05, 0) is 70.0 Å². The molecule has 0 aromatic heterocycles. The lowest BCUT2D eigenvalue weighted by atomic mass is 9.83. The summed E-state index contributed by atoms with van der Waals surface area (Å²) in [5.74, 6) is 1.49. The van der Waals surface area contributed by atoms with E-state index >= 15 is 0 Å². The molecule has 2 aliphatic rings. The highest BCUT2D eigenvalue weighted by Gasteiger charge is 2.32. The summed E-state index contributed by atoms with van der Waals surface area (Å²) in [5, 5.41) is 3.24. The third-order valence-electron chi connectivity index (χ3n) is 6.33. The molecule has 4 rings (SSSR count). The molecule has 1 fully saturated rings. The monoisotopic (exact) mass is 408 g/mol. The van der Waals surface area contributed by atoms with Gasteiger partial charge < -0.3 is 14.8 Å². The zero-order valence-electron chi connectivity index (χ0n) is 18.2. The maximum atomic E-state index is 13.2. The van der Waals surface area contributed by atoms with Gasteiger partial charge in [0, 0.05) is 6.54 Å². The lowest BCUT2D eigenvalue weighted by molar-refractivity contribution is -0.125. The highest BCUT2D eigenvalue weighted by molar-refractivity contribution is 5.87. The second-order valence-corrected chi connectivity index (χ2v) is 8.86. The number of aryl methyl sites for hydroxylation is 1. The summed E-state index contributed by atoms with van der Waals surface area (Å²) in [6, 6.07) is 14.7. The van der Waals surface area contributed by atoms with E-state index in [-0.39, 0.29) is 11.9 Å². The highest BCUT2D eigenvalue weighted by atomic mass is 16.6. The van der Waals surface area contributed by atoms with Crippen molar-refractivity contribution in [1.82, 2.24) is 10.2 Å². The third-order valence-corrected chi connectivity index (χ3v) is 6.33. The molecule has 5 nitrogen and oxygen atoms in total. The Labute approximate surface area is 179 Å². The van der Waals surface area contributed by atoms with Crippen LogP contribution in [0.25, 0.3) is 0 Å². The van der Waals surface area contributed by atoms with Crippen LogP contribution in [0, 0.1) is 6.92 Å². The molecule has 0 spiro atoms. The zero-order valence-corrected chi connectivity index (χ0v) is 18.2. The fourth-order valence-corrected chi connectivity index (χ4v) is 4.27. The minimum absolute atomic E-state index is 0.0236. The van der Waals surface area contributed by atoms with Crippen LogP contribution in [0.4, 0.5) is 0 Å². The van der Waals surface area contributed by atoms with E-state index in [0.717, 1.165) is 24.4 Å². The first-order valence-electron chi connectivity index (χ1n) is 10.9. The molecular weight excluding hydrogens is 376 g/mol. The van der Waals surface area contributed by atoms with Gasteiger partial charge in [0.15, 0.2) is 11.5 Å². The number of nitrogens with zero attached hydrogens (tertiary/aromatic N) is 1. The van der Waals surface area contributed by atoms with Crippen LogP contribution in [0.5, 0.6) is 11.5 Å². The first-order valence-corrected chi connectivity index (χ1v) is 10.9. The smallest absolute Gasteiger partial charge is 0.230 e. The number of likely N-dealkylation sites (tertiary alicyclic amines) is 1. The van der Waals surface area contributed by atoms with Gasteiger partial charge in [-0.15, -0.1) is 0 Å². The van der Waals surface area contributed by atoms with Gasteiger partial charge in [-0.3, -0.25) is 9.69 Å². The topological polar surface area (TPSA) is 50.8 Å². The van der Waals surface area contributed by atoms with Crippen molar-refractivity contribution in [1.29, 1.82) is 0 Å². The molecule has 1 N–H and O–H groups in total. The largest absolute Gasteiger partial charge is 0.486 e. The number of hydrogen-bond donors (Lipinski definition) is 1. The summed E-state index contributed by atoms with van der Waals surface area (Å²) in [6.45, 7) is 9.90. The Morgan fingerprint density at radius 3 is 2.40 bits per heavy atom. The van der Waals surface area contributed by atoms with Crippen LogP contribution in [-0.2, 0) is 10.2 Å². The van der Waals surface area contributed by atoms with Crippen molar-refractivity contribution in [2.45, 2.75) is 45.1 Å². The predicted molar refractivity (Wildman–Crippen MR) is 118 cm³/mol. The fourth-order valence-electron chi connectivity index (χ4n) is 4.27. The number of carbonyl (C=O) groups is 1. The Morgan fingerprint density at radius 2 is 1.70 bits per heavy atom. The summed E-state index contributed by atoms with van der Waals surface area (Å²) in [4.78, 5) is 15.7. The SMILES string of the molecule is Cc1ccc(C(CNC(=O)C(C)(C)c2ccc3c(c2)OCCO3)N2CCCC2)cc1. The predicted octanol–water partition coefficient (Wildman–Crippen LogP) is 4.00. The first-order chi connectivity index (χ1) is 14.4. The van der Waals surface area contributed by atoms with Gasteiger partial charge in [-0.2, -0.15) is 0 Å². The quantitative estimate of drug-likeness (QED) is 0.785. The van der Waals surface area contributed by atoms with Gasteiger partial charge in [0.05, 0.1) is 11.5 Å². The number of rotatable bonds is 6. The molecule has 0 bridgehead atoms. The number of hydrogen-bond acceptors (Lipinski definition) is 4. The van der Waals surface area contributed by atoms with E-state index < -0.39 is 5.41 Å². The molecule has 160 valence electrons. The number of ether oxygens (including phenoxy) is 2. The second kappa shape index (κ2) is 8.68. The molecule has 1 amide bonds. The summed E-state index contributed by atoms with van der Waals surface area (Å²) in [5.41, 5.74) is 2.78. The standard InChI is InChI=1S/C25H32N2O3/c1-18-6-8-19(9-7-18)21(27-12-4-5-13-27)17-26-24(28)25(2,3)20-10-11-22-23(16-20)30-15-14-29-22/h6-11,16,21H,4-5,12-15,17H2,1-3H3,(H,26,28). The van der Waals surface area contributed by atoms with Gasteiger partial charge in [-0.25, -0.2) is 0 Å². The van der Waals surface area contributed by atoms with E-state index in [0.29, 0.717) is 25.5 Å². The van der Waals surface area contributed by atoms with Crippen LogP contribution in [0.15, 0.2) is 42.5 Å². The summed E-state index contributed by atoms with van der Waals surface area (Å²) >= 11 is 0. The summed E-state index contributed by atoms with van der Waals surface area (Å²) < 4.78 is 11.3. The van der Waals surface area contributed by atoms with E-state index in [1.807, 2.05) is 32.0 Å². The maximum Gasteiger partial charge on any atom is 0.230 e. The molecular formula is C25H32N2O3. The maximum absolute atomic E-state index is 13.2. The zero-order chi connectivity index (χ0) is 21.1. The molecule has 1 unspecified atom stereocenters. The van der Waals surface area contributed by atoms with Crippen molar-refractivity contribution in [3.63, 3.8) is 0 Å². The molecule has 0 saturated carbocycles. The minimum atomic E-state index is -0.668. The summed E-state index contributed by atoms with van der Waals surface area (Å²) in [7, 11) is 0. The van der Waals surface area contributed by atoms with E-state index in [2.05, 4.69) is 41.4 Å².